The molecule has 0 bridgehead atoms. The maximum atomic E-state index is 12.0. The molecule has 1 aromatic carbocycles. The van der Waals surface area contributed by atoms with Crippen LogP contribution in [0.5, 0.6) is 0 Å². The molecule has 0 unspecified atom stereocenters. The predicted molar refractivity (Wildman–Crippen MR) is 103 cm³/mol. The number of anilines is 1. The Bertz CT molecular complexity index is 853. The zero-order chi connectivity index (χ0) is 20.7. The number of carbonyl (C=O) groups excluding carboxylic acids is 3. The Balaban J connectivity index is 1.88. The number of Topliss-reactive ketones (excluding diaryl/α,β-unsaturated/α-hetero) is 1. The average molecular weight is 410 g/mol. The normalized spacial score (nSPS) is 10.6. The SMILES string of the molecule is CC(=O)c1ccc(-c2sc(NC(=O)NCCC(=O)NCC(F)F)nc2C)cc1. The van der Waals surface area contributed by atoms with E-state index in [9.17, 15) is 23.2 Å². The molecule has 0 saturated carbocycles. The molecule has 2 rings (SSSR count). The summed E-state index contributed by atoms with van der Waals surface area (Å²) >= 11 is 1.28. The van der Waals surface area contributed by atoms with E-state index < -0.39 is 24.9 Å². The largest absolute Gasteiger partial charge is 0.350 e. The zero-order valence-electron chi connectivity index (χ0n) is 15.3. The first-order valence-corrected chi connectivity index (χ1v) is 9.26. The van der Waals surface area contributed by atoms with Gasteiger partial charge >= 0.3 is 6.03 Å². The Hall–Kier alpha value is -2.88. The molecule has 0 atom stereocenters. The molecule has 150 valence electrons. The number of nitrogens with one attached hydrogen (secondary N) is 3. The van der Waals surface area contributed by atoms with E-state index in [1.54, 1.807) is 19.1 Å². The van der Waals surface area contributed by atoms with Crippen LogP contribution in [-0.2, 0) is 4.79 Å². The van der Waals surface area contributed by atoms with Crippen molar-refractivity contribution in [2.24, 2.45) is 0 Å². The number of rotatable bonds is 8. The van der Waals surface area contributed by atoms with Crippen molar-refractivity contribution in [3.05, 3.63) is 35.5 Å². The summed E-state index contributed by atoms with van der Waals surface area (Å²) in [6.45, 7) is 2.60. The second-order valence-corrected chi connectivity index (χ2v) is 6.89. The lowest BCUT2D eigenvalue weighted by Crippen LogP contribution is -2.34. The van der Waals surface area contributed by atoms with E-state index in [1.807, 2.05) is 12.1 Å². The molecule has 0 fully saturated rings. The van der Waals surface area contributed by atoms with Crippen molar-refractivity contribution in [2.75, 3.05) is 18.4 Å². The van der Waals surface area contributed by atoms with Gasteiger partial charge in [0.25, 0.3) is 6.43 Å². The third-order valence-electron chi connectivity index (χ3n) is 3.66. The van der Waals surface area contributed by atoms with E-state index >= 15 is 0 Å². The van der Waals surface area contributed by atoms with Gasteiger partial charge in [0, 0.05) is 18.5 Å². The number of thiazole rings is 1. The van der Waals surface area contributed by atoms with Gasteiger partial charge in [0.15, 0.2) is 10.9 Å². The van der Waals surface area contributed by atoms with Crippen LogP contribution >= 0.6 is 11.3 Å². The molecule has 0 spiro atoms. The van der Waals surface area contributed by atoms with Gasteiger partial charge in [0.2, 0.25) is 5.91 Å². The van der Waals surface area contributed by atoms with Crippen LogP contribution in [0.25, 0.3) is 10.4 Å². The highest BCUT2D eigenvalue weighted by molar-refractivity contribution is 7.19. The fourth-order valence-electron chi connectivity index (χ4n) is 2.28. The predicted octanol–water partition coefficient (Wildman–Crippen LogP) is 3.21. The maximum absolute atomic E-state index is 12.0. The first-order chi connectivity index (χ1) is 13.3. The van der Waals surface area contributed by atoms with Crippen LogP contribution in [0, 0.1) is 6.92 Å². The molecule has 10 heteroatoms. The van der Waals surface area contributed by atoms with Gasteiger partial charge in [-0.25, -0.2) is 18.6 Å². The fourth-order valence-corrected chi connectivity index (χ4v) is 3.25. The number of hydrogen-bond acceptors (Lipinski definition) is 5. The van der Waals surface area contributed by atoms with Crippen LogP contribution in [0.2, 0.25) is 0 Å². The van der Waals surface area contributed by atoms with Gasteiger partial charge in [0.05, 0.1) is 17.1 Å². The van der Waals surface area contributed by atoms with Crippen molar-refractivity contribution in [3.8, 4) is 10.4 Å². The van der Waals surface area contributed by atoms with Gasteiger partial charge in [-0.15, -0.1) is 0 Å². The van der Waals surface area contributed by atoms with E-state index in [-0.39, 0.29) is 18.7 Å². The molecule has 1 heterocycles. The van der Waals surface area contributed by atoms with Gasteiger partial charge in [-0.2, -0.15) is 0 Å². The van der Waals surface area contributed by atoms with E-state index in [1.165, 1.54) is 18.3 Å². The Morgan fingerprint density at radius 1 is 1.14 bits per heavy atom. The second kappa shape index (κ2) is 9.88. The molecular weight excluding hydrogens is 390 g/mol. The van der Waals surface area contributed by atoms with Crippen LogP contribution in [0.4, 0.5) is 18.7 Å². The van der Waals surface area contributed by atoms with Crippen molar-refractivity contribution < 1.29 is 23.2 Å². The molecule has 0 aliphatic carbocycles. The number of alkyl halides is 2. The first-order valence-electron chi connectivity index (χ1n) is 8.44. The summed E-state index contributed by atoms with van der Waals surface area (Å²) in [5.41, 5.74) is 2.22. The van der Waals surface area contributed by atoms with Crippen molar-refractivity contribution in [1.82, 2.24) is 15.6 Å². The van der Waals surface area contributed by atoms with Gasteiger partial charge < -0.3 is 10.6 Å². The van der Waals surface area contributed by atoms with Gasteiger partial charge in [-0.3, -0.25) is 14.9 Å². The minimum atomic E-state index is -2.61. The third kappa shape index (κ3) is 6.38. The molecule has 7 nitrogen and oxygen atoms in total. The molecule has 1 aromatic heterocycles. The first kappa shape index (κ1) is 21.4. The Morgan fingerprint density at radius 2 is 1.82 bits per heavy atom. The number of aryl methyl sites for hydroxylation is 1. The number of amides is 3. The van der Waals surface area contributed by atoms with Crippen molar-refractivity contribution >= 4 is 34.2 Å². The lowest BCUT2D eigenvalue weighted by Gasteiger charge is -2.06. The summed E-state index contributed by atoms with van der Waals surface area (Å²) in [5, 5.41) is 7.48. The molecular formula is C18H20F2N4O3S. The molecule has 0 aliphatic rings. The van der Waals surface area contributed by atoms with E-state index in [4.69, 9.17) is 0 Å². The highest BCUT2D eigenvalue weighted by Crippen LogP contribution is 2.32. The number of nitrogens with zero attached hydrogens (tertiary/aromatic N) is 1. The standard InChI is InChI=1S/C18H20F2N4O3S/c1-10-16(13-5-3-12(4-6-13)11(2)25)28-18(23-10)24-17(27)21-8-7-15(26)22-9-14(19)20/h3-6,14H,7-9H2,1-2H3,(H,22,26)(H2,21,23,24,27). The molecule has 28 heavy (non-hydrogen) atoms. The van der Waals surface area contributed by atoms with Crippen LogP contribution in [0.3, 0.4) is 0 Å². The minimum absolute atomic E-state index is 0.00459. The summed E-state index contributed by atoms with van der Waals surface area (Å²) in [6.07, 6.45) is -2.72. The summed E-state index contributed by atoms with van der Waals surface area (Å²) in [7, 11) is 0. The highest BCUT2D eigenvalue weighted by atomic mass is 32.1. The average Bonchev–Trinajstić information content (AvgIpc) is 3.00. The Labute approximate surface area is 164 Å². The summed E-state index contributed by atoms with van der Waals surface area (Å²) in [4.78, 5) is 39.7. The summed E-state index contributed by atoms with van der Waals surface area (Å²) in [5.74, 6) is -0.587. The molecule has 0 aliphatic heterocycles. The number of aromatic nitrogens is 1. The number of urea groups is 1. The summed E-state index contributed by atoms with van der Waals surface area (Å²) in [6, 6.07) is 6.55. The maximum Gasteiger partial charge on any atom is 0.321 e. The van der Waals surface area contributed by atoms with Gasteiger partial charge in [-0.1, -0.05) is 35.6 Å². The Kier molecular flexibility index (Phi) is 7.56. The fraction of sp³-hybridized carbons (Fsp3) is 0.333. The van der Waals surface area contributed by atoms with Crippen LogP contribution in [0.1, 0.15) is 29.4 Å². The number of hydrogen-bond donors (Lipinski definition) is 3. The van der Waals surface area contributed by atoms with Gasteiger partial charge in [-0.05, 0) is 19.4 Å². The molecule has 3 amide bonds. The minimum Gasteiger partial charge on any atom is -0.350 e. The molecule has 0 radical (unpaired) electrons. The number of halogens is 2. The molecule has 0 saturated heterocycles. The van der Waals surface area contributed by atoms with Crippen LogP contribution in [0.15, 0.2) is 24.3 Å². The van der Waals surface area contributed by atoms with E-state index in [0.29, 0.717) is 10.7 Å². The molecule has 2 aromatic rings. The lowest BCUT2D eigenvalue weighted by atomic mass is 10.1. The number of carbonyl (C=O) groups is 3. The van der Waals surface area contributed by atoms with E-state index in [2.05, 4.69) is 20.9 Å². The number of benzene rings is 1. The lowest BCUT2D eigenvalue weighted by molar-refractivity contribution is -0.121. The van der Waals surface area contributed by atoms with Crippen molar-refractivity contribution in [1.29, 1.82) is 0 Å². The smallest absolute Gasteiger partial charge is 0.321 e. The second-order valence-electron chi connectivity index (χ2n) is 5.89. The topological polar surface area (TPSA) is 100 Å². The summed E-state index contributed by atoms with van der Waals surface area (Å²) < 4.78 is 24.0. The van der Waals surface area contributed by atoms with Gasteiger partial charge in [0.1, 0.15) is 0 Å². The third-order valence-corrected chi connectivity index (χ3v) is 4.78. The number of ketones is 1. The molecule has 3 N–H and O–H groups in total. The monoisotopic (exact) mass is 410 g/mol. The Morgan fingerprint density at radius 3 is 2.43 bits per heavy atom. The van der Waals surface area contributed by atoms with Crippen LogP contribution < -0.4 is 16.0 Å². The van der Waals surface area contributed by atoms with Crippen molar-refractivity contribution in [3.63, 3.8) is 0 Å². The van der Waals surface area contributed by atoms with Crippen LogP contribution in [-0.4, -0.2) is 42.2 Å². The highest BCUT2D eigenvalue weighted by Gasteiger charge is 2.13. The van der Waals surface area contributed by atoms with Crippen molar-refractivity contribution in [2.45, 2.75) is 26.7 Å². The van der Waals surface area contributed by atoms with E-state index in [0.717, 1.165) is 16.1 Å². The zero-order valence-corrected chi connectivity index (χ0v) is 16.2. The quantitative estimate of drug-likeness (QED) is 0.582.